The number of benzene rings is 3. The van der Waals surface area contributed by atoms with E-state index >= 15 is 0 Å². The number of sulfonamides is 1. The van der Waals surface area contributed by atoms with Gasteiger partial charge in [0.1, 0.15) is 0 Å². The first-order valence-corrected chi connectivity index (χ1v) is 16.4. The minimum absolute atomic E-state index is 0.0154. The highest BCUT2D eigenvalue weighted by molar-refractivity contribution is 7.89. The van der Waals surface area contributed by atoms with E-state index in [1.807, 2.05) is 4.90 Å². The van der Waals surface area contributed by atoms with Crippen molar-refractivity contribution in [1.29, 1.82) is 0 Å². The molecule has 1 heterocycles. The van der Waals surface area contributed by atoms with Crippen molar-refractivity contribution in [2.75, 3.05) is 31.1 Å². The first kappa shape index (κ1) is 35.7. The summed E-state index contributed by atoms with van der Waals surface area (Å²) in [4.78, 5) is 15.7. The van der Waals surface area contributed by atoms with Crippen LogP contribution in [-0.2, 0) is 28.6 Å². The van der Waals surface area contributed by atoms with Gasteiger partial charge in [-0.2, -0.15) is 43.8 Å². The molecule has 0 radical (unpaired) electrons. The molecular formula is C32H30F9N3O3S. The van der Waals surface area contributed by atoms with Crippen molar-refractivity contribution in [3.05, 3.63) is 95.1 Å². The number of hydrogen-bond acceptors (Lipinski definition) is 4. The predicted octanol–water partition coefficient (Wildman–Crippen LogP) is 7.71. The zero-order chi connectivity index (χ0) is 35.1. The van der Waals surface area contributed by atoms with E-state index in [-0.39, 0.29) is 56.7 Å². The van der Waals surface area contributed by atoms with Crippen molar-refractivity contribution in [2.45, 2.75) is 61.2 Å². The van der Waals surface area contributed by atoms with Crippen molar-refractivity contribution in [1.82, 2.24) is 9.21 Å². The monoisotopic (exact) mass is 707 g/mol. The minimum atomic E-state index is -5.12. The van der Waals surface area contributed by atoms with Gasteiger partial charge >= 0.3 is 18.5 Å². The number of piperidine rings is 1. The topological polar surface area (TPSA) is 60.9 Å². The number of nitrogens with zero attached hydrogens (tertiary/aromatic N) is 3. The van der Waals surface area contributed by atoms with E-state index < -0.39 is 67.8 Å². The average Bonchev–Trinajstić information content (AvgIpc) is 3.86. The Bertz CT molecular complexity index is 1680. The van der Waals surface area contributed by atoms with Crippen molar-refractivity contribution in [3.63, 3.8) is 0 Å². The van der Waals surface area contributed by atoms with E-state index in [2.05, 4.69) is 0 Å². The Labute approximate surface area is 270 Å². The smallest absolute Gasteiger partial charge is 0.307 e. The van der Waals surface area contributed by atoms with Crippen LogP contribution in [0.25, 0.3) is 0 Å². The summed E-state index contributed by atoms with van der Waals surface area (Å²) in [5.41, 5.74) is -4.77. The van der Waals surface area contributed by atoms with Gasteiger partial charge in [-0.3, -0.25) is 4.79 Å². The highest BCUT2D eigenvalue weighted by Gasteiger charge is 2.44. The Morgan fingerprint density at radius 3 is 1.75 bits per heavy atom. The number of carbonyl (C=O) groups is 1. The molecule has 0 aromatic heterocycles. The van der Waals surface area contributed by atoms with Gasteiger partial charge in [0.25, 0.3) is 5.91 Å². The normalized spacial score (nSPS) is 17.1. The lowest BCUT2D eigenvalue weighted by Crippen LogP contribution is -2.49. The number of carbonyl (C=O) groups excluding carboxylic acids is 1. The van der Waals surface area contributed by atoms with Gasteiger partial charge in [0.05, 0.1) is 21.6 Å². The molecule has 260 valence electrons. The number of rotatable bonds is 9. The summed E-state index contributed by atoms with van der Waals surface area (Å²) >= 11 is 0. The van der Waals surface area contributed by atoms with Gasteiger partial charge in [-0.15, -0.1) is 0 Å². The zero-order valence-corrected chi connectivity index (χ0v) is 25.9. The quantitative estimate of drug-likeness (QED) is 0.214. The van der Waals surface area contributed by atoms with Gasteiger partial charge in [0.15, 0.2) is 0 Å². The second kappa shape index (κ2) is 13.3. The number of hydrogen-bond donors (Lipinski definition) is 0. The summed E-state index contributed by atoms with van der Waals surface area (Å²) in [7, 11) is -4.30. The van der Waals surface area contributed by atoms with Crippen molar-refractivity contribution in [3.8, 4) is 0 Å². The van der Waals surface area contributed by atoms with Crippen molar-refractivity contribution >= 4 is 21.6 Å². The third-order valence-electron chi connectivity index (χ3n) is 8.35. The van der Waals surface area contributed by atoms with Gasteiger partial charge in [0, 0.05) is 36.4 Å². The summed E-state index contributed by atoms with van der Waals surface area (Å²) < 4.78 is 150. The summed E-state index contributed by atoms with van der Waals surface area (Å²) in [5, 5.41) is 0. The lowest BCUT2D eigenvalue weighted by atomic mass is 10.0. The molecule has 48 heavy (non-hydrogen) atoms. The second-order valence-corrected chi connectivity index (χ2v) is 13.6. The number of alkyl halides is 9. The largest absolute Gasteiger partial charge is 0.416 e. The fourth-order valence-electron chi connectivity index (χ4n) is 5.79. The molecule has 2 aliphatic rings. The molecule has 1 aliphatic heterocycles. The molecule has 2 fully saturated rings. The lowest BCUT2D eigenvalue weighted by Gasteiger charge is -2.38. The Morgan fingerprint density at radius 1 is 0.688 bits per heavy atom. The van der Waals surface area contributed by atoms with E-state index in [4.69, 9.17) is 0 Å². The average molecular weight is 708 g/mol. The van der Waals surface area contributed by atoms with Crippen LogP contribution in [0.4, 0.5) is 45.2 Å². The summed E-state index contributed by atoms with van der Waals surface area (Å²) in [6, 6.07) is 11.0. The Kier molecular flexibility index (Phi) is 9.92. The number of likely N-dealkylation sites (tertiary alicyclic amines) is 1. The van der Waals surface area contributed by atoms with Crippen molar-refractivity contribution in [2.24, 2.45) is 0 Å². The molecule has 6 nitrogen and oxygen atoms in total. The maximum absolute atomic E-state index is 13.7. The van der Waals surface area contributed by atoms with Crippen LogP contribution in [0, 0.1) is 0 Å². The Morgan fingerprint density at radius 2 is 1.23 bits per heavy atom. The minimum Gasteiger partial charge on any atom is -0.307 e. The van der Waals surface area contributed by atoms with Gasteiger partial charge in [-0.1, -0.05) is 24.3 Å². The van der Waals surface area contributed by atoms with E-state index in [9.17, 15) is 52.7 Å². The molecule has 1 amide bonds. The highest BCUT2D eigenvalue weighted by Crippen LogP contribution is 2.40. The molecule has 1 aliphatic carbocycles. The molecule has 1 saturated heterocycles. The fraction of sp³-hybridized carbons (Fsp3) is 0.406. The molecule has 0 unspecified atom stereocenters. The van der Waals surface area contributed by atoms with Crippen LogP contribution in [0.1, 0.15) is 52.7 Å². The highest BCUT2D eigenvalue weighted by atomic mass is 32.2. The van der Waals surface area contributed by atoms with E-state index in [1.165, 1.54) is 28.6 Å². The number of amides is 1. The summed E-state index contributed by atoms with van der Waals surface area (Å²) in [5.74, 6) is -0.815. The van der Waals surface area contributed by atoms with Crippen LogP contribution in [0.3, 0.4) is 0 Å². The van der Waals surface area contributed by atoms with Crippen LogP contribution < -0.4 is 4.90 Å². The fourth-order valence-corrected chi connectivity index (χ4v) is 7.77. The summed E-state index contributed by atoms with van der Waals surface area (Å²) in [6.45, 7) is 0.268. The SMILES string of the molecule is O=C(c1ccccc1)N(CCN1CCC(N(C2CC2)S(=O)(=O)c2cccc(C(F)(F)F)c2)CC1)c1cc(C(F)(F)F)cc(C(F)(F)F)c1. The lowest BCUT2D eigenvalue weighted by molar-refractivity contribution is -0.143. The van der Waals surface area contributed by atoms with E-state index in [0.717, 1.165) is 23.1 Å². The second-order valence-electron chi connectivity index (χ2n) is 11.8. The zero-order valence-electron chi connectivity index (χ0n) is 25.1. The maximum Gasteiger partial charge on any atom is 0.416 e. The van der Waals surface area contributed by atoms with Crippen molar-refractivity contribution < 1.29 is 52.7 Å². The molecule has 0 atom stereocenters. The molecule has 0 bridgehead atoms. The summed E-state index contributed by atoms with van der Waals surface area (Å²) in [6.07, 6.45) is -13.4. The van der Waals surface area contributed by atoms with Crippen LogP contribution >= 0.6 is 0 Å². The maximum atomic E-state index is 13.7. The Hall–Kier alpha value is -3.63. The third kappa shape index (κ3) is 8.14. The van der Waals surface area contributed by atoms with Gasteiger partial charge in [-0.25, -0.2) is 8.42 Å². The molecule has 3 aromatic carbocycles. The molecular weight excluding hydrogens is 677 g/mol. The van der Waals surface area contributed by atoms with Gasteiger partial charge in [0.2, 0.25) is 10.0 Å². The molecule has 0 spiro atoms. The predicted molar refractivity (Wildman–Crippen MR) is 158 cm³/mol. The van der Waals surface area contributed by atoms with Crippen LogP contribution in [0.2, 0.25) is 0 Å². The standard InChI is InChI=1S/C32H30F9N3O3S/c33-30(34,35)22-7-4-8-28(20-22)48(46,47)44(25-9-10-25)26-11-13-42(14-12-26)15-16-43(29(45)21-5-2-1-3-6-21)27-18-23(31(36,37)38)17-24(19-27)32(39,40)41/h1-8,17-20,25-26H,9-16H2. The van der Waals surface area contributed by atoms with Gasteiger partial charge in [-0.05, 0) is 87.3 Å². The van der Waals surface area contributed by atoms with Crippen LogP contribution in [-0.4, -0.2) is 61.8 Å². The molecule has 5 rings (SSSR count). The number of anilines is 1. The molecule has 1 saturated carbocycles. The first-order valence-electron chi connectivity index (χ1n) is 15.0. The molecule has 3 aromatic rings. The van der Waals surface area contributed by atoms with Gasteiger partial charge < -0.3 is 9.80 Å². The Balaban J connectivity index is 1.35. The third-order valence-corrected chi connectivity index (χ3v) is 10.4. The molecule has 0 N–H and O–H groups in total. The van der Waals surface area contributed by atoms with Crippen LogP contribution in [0.15, 0.2) is 77.7 Å². The number of halogens is 9. The van der Waals surface area contributed by atoms with E-state index in [1.54, 1.807) is 6.07 Å². The van der Waals surface area contributed by atoms with Crippen LogP contribution in [0.5, 0.6) is 0 Å². The molecule has 16 heteroatoms. The first-order chi connectivity index (χ1) is 22.4. The van der Waals surface area contributed by atoms with E-state index in [0.29, 0.717) is 31.0 Å².